The van der Waals surface area contributed by atoms with Crippen LogP contribution < -0.4 is 4.90 Å². The number of hydrogen-bond acceptors (Lipinski definition) is 2. The van der Waals surface area contributed by atoms with E-state index in [9.17, 15) is 4.79 Å². The predicted octanol–water partition coefficient (Wildman–Crippen LogP) is 4.80. The van der Waals surface area contributed by atoms with Gasteiger partial charge in [0.2, 0.25) is 0 Å². The molecule has 2 nitrogen and oxygen atoms in total. The summed E-state index contributed by atoms with van der Waals surface area (Å²) in [6.07, 6.45) is 2.10. The van der Waals surface area contributed by atoms with Crippen molar-refractivity contribution < 1.29 is 4.79 Å². The van der Waals surface area contributed by atoms with E-state index in [0.29, 0.717) is 0 Å². The van der Waals surface area contributed by atoms with Gasteiger partial charge in [-0.1, -0.05) is 35.9 Å². The van der Waals surface area contributed by atoms with Crippen molar-refractivity contribution in [3.8, 4) is 0 Å². The second kappa shape index (κ2) is 5.25. The van der Waals surface area contributed by atoms with E-state index in [1.165, 1.54) is 15.8 Å². The molecule has 0 radical (unpaired) electrons. The van der Waals surface area contributed by atoms with Crippen LogP contribution in [0.4, 0.5) is 5.69 Å². The molecule has 0 spiro atoms. The van der Waals surface area contributed by atoms with Crippen molar-refractivity contribution in [3.63, 3.8) is 0 Å². The first kappa shape index (κ1) is 13.5. The zero-order chi connectivity index (χ0) is 15.1. The van der Waals surface area contributed by atoms with E-state index in [4.69, 9.17) is 0 Å². The molecule has 0 saturated heterocycles. The highest BCUT2D eigenvalue weighted by Gasteiger charge is 2.24. The average Bonchev–Trinajstić information content (AvgIpc) is 2.97. The molecule has 0 saturated carbocycles. The molecule has 0 unspecified atom stereocenters. The lowest BCUT2D eigenvalue weighted by Crippen LogP contribution is -2.35. The quantitative estimate of drug-likeness (QED) is 0.632. The molecule has 0 atom stereocenters. The maximum absolute atomic E-state index is 13.0. The zero-order valence-electron chi connectivity index (χ0n) is 12.5. The number of aryl methyl sites for hydroxylation is 2. The molecule has 0 aliphatic carbocycles. The van der Waals surface area contributed by atoms with Crippen molar-refractivity contribution in [1.82, 2.24) is 0 Å². The van der Waals surface area contributed by atoms with Gasteiger partial charge in [0.1, 0.15) is 0 Å². The molecule has 3 heteroatoms. The smallest absolute Gasteiger partial charge is 0.268 e. The summed E-state index contributed by atoms with van der Waals surface area (Å²) in [4.78, 5) is 15.7. The SMILES string of the molecule is Cc1ccc2c(c1)CCCN2C(=O)c1cc2ccccc2s1. The summed E-state index contributed by atoms with van der Waals surface area (Å²) in [6, 6.07) is 16.6. The first-order valence-corrected chi connectivity index (χ1v) is 8.44. The number of fused-ring (bicyclic) bond motifs is 2. The Labute approximate surface area is 134 Å². The van der Waals surface area contributed by atoms with Crippen molar-refractivity contribution in [2.24, 2.45) is 0 Å². The fourth-order valence-corrected chi connectivity index (χ4v) is 4.17. The summed E-state index contributed by atoms with van der Waals surface area (Å²) in [7, 11) is 0. The van der Waals surface area contributed by atoms with Crippen LogP contribution in [0.15, 0.2) is 48.5 Å². The van der Waals surface area contributed by atoms with Crippen molar-refractivity contribution in [2.75, 3.05) is 11.4 Å². The zero-order valence-corrected chi connectivity index (χ0v) is 13.3. The van der Waals surface area contributed by atoms with E-state index in [1.807, 2.05) is 23.1 Å². The standard InChI is InChI=1S/C19H17NOS/c1-13-8-9-16-14(11-13)6-4-10-20(16)19(21)18-12-15-5-2-3-7-17(15)22-18/h2-3,5,7-9,11-12H,4,6,10H2,1H3. The van der Waals surface area contributed by atoms with Crippen LogP contribution in [0.3, 0.4) is 0 Å². The van der Waals surface area contributed by atoms with Crippen LogP contribution in [-0.2, 0) is 6.42 Å². The Bertz CT molecular complexity index is 832. The van der Waals surface area contributed by atoms with E-state index in [2.05, 4.69) is 37.3 Å². The van der Waals surface area contributed by atoms with Gasteiger partial charge >= 0.3 is 0 Å². The Balaban J connectivity index is 1.74. The van der Waals surface area contributed by atoms with E-state index in [1.54, 1.807) is 11.3 Å². The first-order valence-electron chi connectivity index (χ1n) is 7.62. The van der Waals surface area contributed by atoms with E-state index in [-0.39, 0.29) is 5.91 Å². The summed E-state index contributed by atoms with van der Waals surface area (Å²) in [5.41, 5.74) is 3.63. The Hall–Kier alpha value is -2.13. The molecule has 2 heterocycles. The van der Waals surface area contributed by atoms with Gasteiger partial charge in [-0.15, -0.1) is 11.3 Å². The molecule has 110 valence electrons. The number of hydrogen-bond donors (Lipinski definition) is 0. The van der Waals surface area contributed by atoms with Crippen molar-refractivity contribution in [3.05, 3.63) is 64.5 Å². The predicted molar refractivity (Wildman–Crippen MR) is 93.0 cm³/mol. The lowest BCUT2D eigenvalue weighted by molar-refractivity contribution is 0.0989. The van der Waals surface area contributed by atoms with E-state index >= 15 is 0 Å². The lowest BCUT2D eigenvalue weighted by Gasteiger charge is -2.29. The fourth-order valence-electron chi connectivity index (χ4n) is 3.16. The van der Waals surface area contributed by atoms with Crippen LogP contribution in [0.25, 0.3) is 10.1 Å². The van der Waals surface area contributed by atoms with Crippen LogP contribution in [0.1, 0.15) is 27.2 Å². The van der Waals surface area contributed by atoms with Crippen LogP contribution >= 0.6 is 11.3 Å². The largest absolute Gasteiger partial charge is 0.307 e. The number of nitrogens with zero attached hydrogens (tertiary/aromatic N) is 1. The molecule has 22 heavy (non-hydrogen) atoms. The summed E-state index contributed by atoms with van der Waals surface area (Å²) < 4.78 is 1.17. The first-order chi connectivity index (χ1) is 10.7. The molecular weight excluding hydrogens is 290 g/mol. The molecular formula is C19H17NOS. The van der Waals surface area contributed by atoms with Gasteiger partial charge in [-0.05, 0) is 48.9 Å². The highest BCUT2D eigenvalue weighted by Crippen LogP contribution is 2.32. The number of carbonyl (C=O) groups is 1. The monoisotopic (exact) mass is 307 g/mol. The Kier molecular flexibility index (Phi) is 3.23. The lowest BCUT2D eigenvalue weighted by atomic mass is 9.99. The molecule has 3 aromatic rings. The number of anilines is 1. The Morgan fingerprint density at radius 1 is 1.14 bits per heavy atom. The highest BCUT2D eigenvalue weighted by molar-refractivity contribution is 7.20. The normalized spacial score (nSPS) is 14.1. The third-order valence-corrected chi connectivity index (χ3v) is 5.34. The highest BCUT2D eigenvalue weighted by atomic mass is 32.1. The Morgan fingerprint density at radius 2 is 2.00 bits per heavy atom. The Morgan fingerprint density at radius 3 is 2.86 bits per heavy atom. The second-order valence-corrected chi connectivity index (χ2v) is 6.92. The third kappa shape index (κ3) is 2.22. The fraction of sp³-hybridized carbons (Fsp3) is 0.211. The van der Waals surface area contributed by atoms with Crippen LogP contribution in [0.2, 0.25) is 0 Å². The number of amides is 1. The second-order valence-electron chi connectivity index (χ2n) is 5.84. The molecule has 1 amide bonds. The van der Waals surface area contributed by atoms with Crippen LogP contribution in [0.5, 0.6) is 0 Å². The minimum atomic E-state index is 0.131. The minimum Gasteiger partial charge on any atom is -0.307 e. The maximum Gasteiger partial charge on any atom is 0.268 e. The van der Waals surface area contributed by atoms with Crippen molar-refractivity contribution in [2.45, 2.75) is 19.8 Å². The summed E-state index contributed by atoms with van der Waals surface area (Å²) >= 11 is 1.59. The topological polar surface area (TPSA) is 20.3 Å². The van der Waals surface area contributed by atoms with Gasteiger partial charge in [-0.3, -0.25) is 4.79 Å². The number of thiophene rings is 1. The third-order valence-electron chi connectivity index (χ3n) is 4.24. The molecule has 2 aromatic carbocycles. The van der Waals surface area contributed by atoms with Gasteiger partial charge < -0.3 is 4.90 Å². The van der Waals surface area contributed by atoms with E-state index in [0.717, 1.165) is 35.3 Å². The minimum absolute atomic E-state index is 0.131. The van der Waals surface area contributed by atoms with Gasteiger partial charge in [0.15, 0.2) is 0 Å². The van der Waals surface area contributed by atoms with Crippen molar-refractivity contribution >= 4 is 33.0 Å². The van der Waals surface area contributed by atoms with Crippen molar-refractivity contribution in [1.29, 1.82) is 0 Å². The molecule has 1 aliphatic rings. The van der Waals surface area contributed by atoms with Crippen LogP contribution in [-0.4, -0.2) is 12.5 Å². The average molecular weight is 307 g/mol. The van der Waals surface area contributed by atoms with E-state index < -0.39 is 0 Å². The number of rotatable bonds is 1. The van der Waals surface area contributed by atoms with Gasteiger partial charge in [-0.2, -0.15) is 0 Å². The summed E-state index contributed by atoms with van der Waals surface area (Å²) in [6.45, 7) is 2.91. The molecule has 0 fully saturated rings. The van der Waals surface area contributed by atoms with Gasteiger partial charge in [0.25, 0.3) is 5.91 Å². The summed E-state index contributed by atoms with van der Waals surface area (Å²) in [5, 5.41) is 1.15. The number of carbonyl (C=O) groups excluding carboxylic acids is 1. The molecule has 0 N–H and O–H groups in total. The maximum atomic E-state index is 13.0. The van der Waals surface area contributed by atoms with Gasteiger partial charge in [0, 0.05) is 16.9 Å². The molecule has 4 rings (SSSR count). The molecule has 1 aromatic heterocycles. The molecule has 1 aliphatic heterocycles. The summed E-state index contributed by atoms with van der Waals surface area (Å²) in [5.74, 6) is 0.131. The van der Waals surface area contributed by atoms with Gasteiger partial charge in [-0.25, -0.2) is 0 Å². The van der Waals surface area contributed by atoms with Crippen LogP contribution in [0, 0.1) is 6.92 Å². The molecule has 0 bridgehead atoms. The number of benzene rings is 2. The van der Waals surface area contributed by atoms with Gasteiger partial charge in [0.05, 0.1) is 4.88 Å².